The van der Waals surface area contributed by atoms with Crippen LogP contribution < -0.4 is 0 Å². The van der Waals surface area contributed by atoms with Gasteiger partial charge in [-0.15, -0.1) is 0 Å². The van der Waals surface area contributed by atoms with Crippen molar-refractivity contribution in [1.29, 1.82) is 0 Å². The lowest BCUT2D eigenvalue weighted by Gasteiger charge is -2.51. The Morgan fingerprint density at radius 3 is 2.61 bits per heavy atom. The van der Waals surface area contributed by atoms with E-state index in [0.29, 0.717) is 18.8 Å². The van der Waals surface area contributed by atoms with Gasteiger partial charge in [0.2, 0.25) is 0 Å². The molecule has 102 valence electrons. The summed E-state index contributed by atoms with van der Waals surface area (Å²) in [6.45, 7) is 7.61. The minimum atomic E-state index is -0.873. The van der Waals surface area contributed by atoms with Crippen molar-refractivity contribution in [3.63, 3.8) is 0 Å². The minimum absolute atomic E-state index is 0.118. The molecule has 0 heterocycles. The Labute approximate surface area is 109 Å². The van der Waals surface area contributed by atoms with E-state index in [-0.39, 0.29) is 17.1 Å². The third kappa shape index (κ3) is 2.26. The molecular weight excluding hydrogens is 228 g/mol. The quantitative estimate of drug-likeness (QED) is 0.751. The molecule has 4 atom stereocenters. The fraction of sp³-hybridized carbons (Fsp3) is 0.800. The average molecular weight is 252 g/mol. The SMILES string of the molecule is CC1=CC(=O)C[C@]2(C)C[C@H](O)[C@@H](C(C)(C)O)C[C@H]12. The van der Waals surface area contributed by atoms with E-state index in [0.717, 1.165) is 12.0 Å². The van der Waals surface area contributed by atoms with Gasteiger partial charge in [-0.05, 0) is 51.0 Å². The molecule has 0 aromatic heterocycles. The zero-order valence-corrected chi connectivity index (χ0v) is 11.7. The maximum absolute atomic E-state index is 11.7. The number of hydrogen-bond acceptors (Lipinski definition) is 3. The highest BCUT2D eigenvalue weighted by Crippen LogP contribution is 2.52. The van der Waals surface area contributed by atoms with E-state index in [1.165, 1.54) is 0 Å². The normalized spacial score (nSPS) is 41.3. The van der Waals surface area contributed by atoms with Crippen LogP contribution in [0.3, 0.4) is 0 Å². The molecule has 1 saturated carbocycles. The van der Waals surface area contributed by atoms with Crippen molar-refractivity contribution in [2.75, 3.05) is 0 Å². The lowest BCUT2D eigenvalue weighted by molar-refractivity contribution is -0.128. The number of rotatable bonds is 1. The van der Waals surface area contributed by atoms with E-state index in [1.54, 1.807) is 19.9 Å². The Morgan fingerprint density at radius 1 is 1.44 bits per heavy atom. The number of fused-ring (bicyclic) bond motifs is 1. The van der Waals surface area contributed by atoms with Crippen molar-refractivity contribution in [1.82, 2.24) is 0 Å². The molecule has 0 saturated heterocycles. The van der Waals surface area contributed by atoms with Crippen LogP contribution in [0.4, 0.5) is 0 Å². The zero-order chi connectivity index (χ0) is 13.7. The molecule has 0 unspecified atom stereocenters. The third-order valence-electron chi connectivity index (χ3n) is 4.89. The summed E-state index contributed by atoms with van der Waals surface area (Å²) in [6, 6.07) is 0. The number of aliphatic hydroxyl groups excluding tert-OH is 1. The van der Waals surface area contributed by atoms with Gasteiger partial charge in [-0.2, -0.15) is 0 Å². The molecule has 0 aromatic carbocycles. The van der Waals surface area contributed by atoms with E-state index in [2.05, 4.69) is 6.92 Å². The highest BCUT2D eigenvalue weighted by Gasteiger charge is 2.50. The first-order valence-electron chi connectivity index (χ1n) is 6.75. The van der Waals surface area contributed by atoms with Gasteiger partial charge in [-0.3, -0.25) is 4.79 Å². The van der Waals surface area contributed by atoms with Crippen molar-refractivity contribution < 1.29 is 15.0 Å². The maximum Gasteiger partial charge on any atom is 0.156 e. The Kier molecular flexibility index (Phi) is 3.19. The number of carbonyl (C=O) groups is 1. The van der Waals surface area contributed by atoms with Gasteiger partial charge in [0.15, 0.2) is 5.78 Å². The Bertz CT molecular complexity index is 391. The van der Waals surface area contributed by atoms with Gasteiger partial charge in [0, 0.05) is 12.3 Å². The van der Waals surface area contributed by atoms with E-state index in [9.17, 15) is 15.0 Å². The van der Waals surface area contributed by atoms with Crippen LogP contribution in [0.15, 0.2) is 11.6 Å². The summed E-state index contributed by atoms with van der Waals surface area (Å²) in [5.74, 6) is 0.349. The summed E-state index contributed by atoms with van der Waals surface area (Å²) in [5.41, 5.74) is 0.0921. The topological polar surface area (TPSA) is 57.5 Å². The third-order valence-corrected chi connectivity index (χ3v) is 4.89. The molecule has 0 aromatic rings. The summed E-state index contributed by atoms with van der Waals surface area (Å²) < 4.78 is 0. The van der Waals surface area contributed by atoms with Gasteiger partial charge >= 0.3 is 0 Å². The van der Waals surface area contributed by atoms with Crippen LogP contribution >= 0.6 is 0 Å². The number of ketones is 1. The highest BCUT2D eigenvalue weighted by atomic mass is 16.3. The summed E-state index contributed by atoms with van der Waals surface area (Å²) in [5, 5.41) is 20.5. The molecule has 3 heteroatoms. The van der Waals surface area contributed by atoms with Crippen LogP contribution in [-0.4, -0.2) is 27.7 Å². The Morgan fingerprint density at radius 2 is 2.06 bits per heavy atom. The Hall–Kier alpha value is -0.670. The van der Waals surface area contributed by atoms with Gasteiger partial charge in [0.25, 0.3) is 0 Å². The predicted molar refractivity (Wildman–Crippen MR) is 70.0 cm³/mol. The molecule has 0 spiro atoms. The van der Waals surface area contributed by atoms with E-state index < -0.39 is 11.7 Å². The molecule has 0 amide bonds. The van der Waals surface area contributed by atoms with Crippen LogP contribution in [0.2, 0.25) is 0 Å². The lowest BCUT2D eigenvalue weighted by atomic mass is 9.55. The summed E-state index contributed by atoms with van der Waals surface area (Å²) in [6.07, 6.45) is 3.10. The molecule has 1 fully saturated rings. The molecule has 18 heavy (non-hydrogen) atoms. The highest BCUT2D eigenvalue weighted by molar-refractivity contribution is 5.92. The first-order valence-corrected chi connectivity index (χ1v) is 6.75. The molecule has 3 nitrogen and oxygen atoms in total. The molecule has 0 aliphatic heterocycles. The fourth-order valence-corrected chi connectivity index (χ4v) is 3.95. The molecule has 2 aliphatic rings. The van der Waals surface area contributed by atoms with E-state index in [1.807, 2.05) is 6.92 Å². The Balaban J connectivity index is 2.32. The number of aliphatic hydroxyl groups is 2. The number of carbonyl (C=O) groups excluding carboxylic acids is 1. The van der Waals surface area contributed by atoms with Crippen molar-refractivity contribution in [3.05, 3.63) is 11.6 Å². The van der Waals surface area contributed by atoms with E-state index >= 15 is 0 Å². The zero-order valence-electron chi connectivity index (χ0n) is 11.7. The van der Waals surface area contributed by atoms with Crippen LogP contribution in [0.1, 0.15) is 47.0 Å². The van der Waals surface area contributed by atoms with Crippen LogP contribution in [0, 0.1) is 17.3 Å². The smallest absolute Gasteiger partial charge is 0.156 e. The van der Waals surface area contributed by atoms with Crippen LogP contribution in [-0.2, 0) is 4.79 Å². The lowest BCUT2D eigenvalue weighted by Crippen LogP contribution is -2.51. The summed E-state index contributed by atoms with van der Waals surface area (Å²) >= 11 is 0. The van der Waals surface area contributed by atoms with Gasteiger partial charge in [-0.25, -0.2) is 0 Å². The first kappa shape index (κ1) is 13.8. The minimum Gasteiger partial charge on any atom is -0.393 e. The maximum atomic E-state index is 11.7. The van der Waals surface area contributed by atoms with Gasteiger partial charge in [-0.1, -0.05) is 12.5 Å². The van der Waals surface area contributed by atoms with Gasteiger partial charge < -0.3 is 10.2 Å². The van der Waals surface area contributed by atoms with E-state index in [4.69, 9.17) is 0 Å². The van der Waals surface area contributed by atoms with Crippen LogP contribution in [0.5, 0.6) is 0 Å². The fourth-order valence-electron chi connectivity index (χ4n) is 3.95. The number of hydrogen-bond donors (Lipinski definition) is 2. The number of allylic oxidation sites excluding steroid dienone is 2. The van der Waals surface area contributed by atoms with Crippen molar-refractivity contribution >= 4 is 5.78 Å². The van der Waals surface area contributed by atoms with Crippen molar-refractivity contribution in [2.24, 2.45) is 17.3 Å². The van der Waals surface area contributed by atoms with Crippen molar-refractivity contribution in [3.8, 4) is 0 Å². The predicted octanol–water partition coefficient (Wildman–Crippen LogP) is 2.07. The largest absolute Gasteiger partial charge is 0.393 e. The van der Waals surface area contributed by atoms with Gasteiger partial charge in [0.1, 0.15) is 0 Å². The van der Waals surface area contributed by atoms with Crippen molar-refractivity contribution in [2.45, 2.75) is 58.7 Å². The van der Waals surface area contributed by atoms with Gasteiger partial charge in [0.05, 0.1) is 11.7 Å². The standard InChI is InChI=1S/C15H24O3/c1-9-5-10(16)7-15(4)8-13(17)12(6-11(9)15)14(2,3)18/h5,11-13,17-18H,6-8H2,1-4H3/t11-,12+,13+,15-/m1/s1. The molecule has 0 radical (unpaired) electrons. The summed E-state index contributed by atoms with van der Waals surface area (Å²) in [7, 11) is 0. The molecule has 0 bridgehead atoms. The average Bonchev–Trinajstić information content (AvgIpc) is 2.11. The molecular formula is C15H24O3. The second kappa shape index (κ2) is 4.17. The molecule has 2 rings (SSSR count). The monoisotopic (exact) mass is 252 g/mol. The second-order valence-electron chi connectivity index (χ2n) is 7.01. The molecule has 2 N–H and O–H groups in total. The second-order valence-corrected chi connectivity index (χ2v) is 7.01. The summed E-state index contributed by atoms with van der Waals surface area (Å²) in [4.78, 5) is 11.7. The first-order chi connectivity index (χ1) is 8.13. The molecule has 2 aliphatic carbocycles. The van der Waals surface area contributed by atoms with Crippen LogP contribution in [0.25, 0.3) is 0 Å².